The van der Waals surface area contributed by atoms with Crippen molar-refractivity contribution in [1.29, 1.82) is 0 Å². The Morgan fingerprint density at radius 1 is 1.00 bits per heavy atom. The number of carbonyl (C=O) groups is 1. The summed E-state index contributed by atoms with van der Waals surface area (Å²) in [5.41, 5.74) is 0.266. The first-order chi connectivity index (χ1) is 15.0. The van der Waals surface area contributed by atoms with Crippen LogP contribution in [0.5, 0.6) is 0 Å². The van der Waals surface area contributed by atoms with Crippen LogP contribution in [0, 0.1) is 20.2 Å². The molecule has 0 spiro atoms. The second kappa shape index (κ2) is 10.4. The number of non-ortho nitro benzene ring substituents is 2. The van der Waals surface area contributed by atoms with E-state index in [9.17, 15) is 29.6 Å². The molecule has 32 heavy (non-hydrogen) atoms. The van der Waals surface area contributed by atoms with Gasteiger partial charge in [0, 0.05) is 32.8 Å². The van der Waals surface area contributed by atoms with Crippen molar-refractivity contribution in [2.24, 2.45) is 0 Å². The zero-order valence-corrected chi connectivity index (χ0v) is 18.9. The van der Waals surface area contributed by atoms with Gasteiger partial charge in [0.15, 0.2) is 0 Å². The van der Waals surface area contributed by atoms with Gasteiger partial charge in [-0.1, -0.05) is 38.1 Å². The molecule has 0 aromatic heterocycles. The molecule has 12 heteroatoms. The second-order valence-electron chi connectivity index (χ2n) is 7.25. The van der Waals surface area contributed by atoms with Crippen molar-refractivity contribution >= 4 is 24.9 Å². The van der Waals surface area contributed by atoms with Gasteiger partial charge < -0.3 is 14.4 Å². The summed E-state index contributed by atoms with van der Waals surface area (Å²) in [6.45, 7) is 4.08. The van der Waals surface area contributed by atoms with E-state index in [2.05, 4.69) is 5.32 Å². The summed E-state index contributed by atoms with van der Waals surface area (Å²) in [4.78, 5) is 33.4. The van der Waals surface area contributed by atoms with E-state index in [1.165, 1.54) is 14.2 Å². The number of carbonyl (C=O) groups excluding carboxylic acids is 1. The predicted molar refractivity (Wildman–Crippen MR) is 117 cm³/mol. The monoisotopic (exact) mass is 465 g/mol. The number of amides is 1. The molecular weight excluding hydrogens is 441 g/mol. The number of hydrogen-bond donors (Lipinski definition) is 1. The fourth-order valence-electron chi connectivity index (χ4n) is 3.00. The van der Waals surface area contributed by atoms with Gasteiger partial charge in [-0.15, -0.1) is 0 Å². The Hall–Kier alpha value is -3.14. The molecule has 0 saturated carbocycles. The molecule has 0 saturated heterocycles. The van der Waals surface area contributed by atoms with Gasteiger partial charge in [-0.05, 0) is 17.0 Å². The number of rotatable bonds is 10. The molecule has 2 aromatic rings. The normalized spacial score (nSPS) is 12.4. The van der Waals surface area contributed by atoms with E-state index in [1.807, 2.05) is 38.1 Å². The quantitative estimate of drug-likeness (QED) is 0.308. The molecule has 11 nitrogen and oxygen atoms in total. The Bertz CT molecular complexity index is 1020. The Morgan fingerprint density at radius 2 is 1.50 bits per heavy atom. The van der Waals surface area contributed by atoms with Crippen molar-refractivity contribution < 1.29 is 28.3 Å². The first-order valence-electron chi connectivity index (χ1n) is 9.55. The Kier molecular flexibility index (Phi) is 8.20. The smallest absolute Gasteiger partial charge is 0.338 e. The number of benzene rings is 2. The molecule has 0 fully saturated rings. The van der Waals surface area contributed by atoms with E-state index < -0.39 is 40.5 Å². The van der Waals surface area contributed by atoms with Crippen LogP contribution < -0.4 is 5.32 Å². The summed E-state index contributed by atoms with van der Waals surface area (Å²) in [7, 11) is -1.48. The van der Waals surface area contributed by atoms with E-state index in [4.69, 9.17) is 9.05 Å². The molecule has 2 aromatic carbocycles. The highest BCUT2D eigenvalue weighted by molar-refractivity contribution is 7.54. The lowest BCUT2D eigenvalue weighted by molar-refractivity contribution is -0.394. The Morgan fingerprint density at radius 3 is 1.91 bits per heavy atom. The van der Waals surface area contributed by atoms with Gasteiger partial charge in [0.05, 0.1) is 21.5 Å². The number of nitro benzene ring substituents is 2. The SMILES string of the molecule is COP(=O)(OC)[C@H](Cc1ccc(C(C)C)cc1)NC(=O)c1cc([N+](=O)[O-])cc([N+](=O)[O-])c1. The van der Waals surface area contributed by atoms with E-state index in [1.54, 1.807) is 0 Å². The standard InChI is InChI=1S/C20H24N3O8P/c1-13(2)15-7-5-14(6-8-15)9-19(32(29,30-3)31-4)21-20(24)16-10-17(22(25)26)12-18(11-16)23(27)28/h5-8,10-13,19H,9H2,1-4H3,(H,21,24)/t19-/m1/s1. The van der Waals surface area contributed by atoms with Crippen LogP contribution in [-0.4, -0.2) is 35.8 Å². The molecule has 0 aliphatic carbocycles. The average molecular weight is 465 g/mol. The first kappa shape index (κ1) is 25.1. The number of nitrogens with one attached hydrogen (secondary N) is 1. The molecule has 2 rings (SSSR count). The molecule has 1 N–H and O–H groups in total. The fourth-order valence-corrected chi connectivity index (χ4v) is 4.37. The van der Waals surface area contributed by atoms with Crippen molar-refractivity contribution in [1.82, 2.24) is 5.32 Å². The van der Waals surface area contributed by atoms with E-state index >= 15 is 0 Å². The van der Waals surface area contributed by atoms with Crippen LogP contribution in [0.15, 0.2) is 42.5 Å². The molecule has 0 unspecified atom stereocenters. The van der Waals surface area contributed by atoms with Crippen LogP contribution in [0.3, 0.4) is 0 Å². The first-order valence-corrected chi connectivity index (χ1v) is 11.2. The molecule has 1 amide bonds. The lowest BCUT2D eigenvalue weighted by atomic mass is 10.0. The summed E-state index contributed by atoms with van der Waals surface area (Å²) in [5, 5.41) is 24.7. The highest BCUT2D eigenvalue weighted by Gasteiger charge is 2.36. The summed E-state index contributed by atoms with van der Waals surface area (Å²) in [6, 6.07) is 10.0. The molecule has 172 valence electrons. The molecule has 0 bridgehead atoms. The van der Waals surface area contributed by atoms with Gasteiger partial charge >= 0.3 is 7.60 Å². The number of hydrogen-bond acceptors (Lipinski definition) is 8. The van der Waals surface area contributed by atoms with Crippen LogP contribution in [0.2, 0.25) is 0 Å². The minimum absolute atomic E-state index is 0.0695. The van der Waals surface area contributed by atoms with E-state index in [0.717, 1.165) is 29.3 Å². The van der Waals surface area contributed by atoms with Gasteiger partial charge in [-0.2, -0.15) is 0 Å². The van der Waals surface area contributed by atoms with Crippen LogP contribution in [-0.2, 0) is 20.0 Å². The summed E-state index contributed by atoms with van der Waals surface area (Å²) >= 11 is 0. The fraction of sp³-hybridized carbons (Fsp3) is 0.350. The van der Waals surface area contributed by atoms with Crippen molar-refractivity contribution in [3.05, 3.63) is 79.4 Å². The highest BCUT2D eigenvalue weighted by atomic mass is 31.2. The predicted octanol–water partition coefficient (Wildman–Crippen LogP) is 4.41. The topological polar surface area (TPSA) is 151 Å². The van der Waals surface area contributed by atoms with Crippen LogP contribution in [0.25, 0.3) is 0 Å². The van der Waals surface area contributed by atoms with E-state index in [-0.39, 0.29) is 12.0 Å². The highest BCUT2D eigenvalue weighted by Crippen LogP contribution is 2.51. The molecule has 0 aliphatic heterocycles. The van der Waals surface area contributed by atoms with Gasteiger partial charge in [-0.3, -0.25) is 29.6 Å². The van der Waals surface area contributed by atoms with Crippen LogP contribution in [0.4, 0.5) is 11.4 Å². The lowest BCUT2D eigenvalue weighted by Gasteiger charge is -2.25. The number of nitrogens with zero attached hydrogens (tertiary/aromatic N) is 2. The summed E-state index contributed by atoms with van der Waals surface area (Å²) in [6.07, 6.45) is 0.0695. The van der Waals surface area contributed by atoms with Crippen LogP contribution in [0.1, 0.15) is 41.3 Å². The van der Waals surface area contributed by atoms with Crippen molar-refractivity contribution in [3.8, 4) is 0 Å². The zero-order chi connectivity index (χ0) is 24.1. The third-order valence-corrected chi connectivity index (χ3v) is 6.94. The maximum atomic E-state index is 13.1. The zero-order valence-electron chi connectivity index (χ0n) is 18.0. The van der Waals surface area contributed by atoms with E-state index in [0.29, 0.717) is 5.92 Å². The third kappa shape index (κ3) is 5.97. The van der Waals surface area contributed by atoms with Gasteiger partial charge in [-0.25, -0.2) is 0 Å². The van der Waals surface area contributed by atoms with Crippen molar-refractivity contribution in [2.75, 3.05) is 14.2 Å². The molecule has 0 radical (unpaired) electrons. The molecular formula is C20H24N3O8P. The lowest BCUT2D eigenvalue weighted by Crippen LogP contribution is -2.37. The summed E-state index contributed by atoms with van der Waals surface area (Å²) in [5.74, 6) is -1.73. The third-order valence-electron chi connectivity index (χ3n) is 4.85. The molecule has 0 aliphatic rings. The van der Waals surface area contributed by atoms with Gasteiger partial charge in [0.1, 0.15) is 5.78 Å². The molecule has 1 atom stereocenters. The minimum Gasteiger partial charge on any atom is -0.338 e. The summed E-state index contributed by atoms with van der Waals surface area (Å²) < 4.78 is 23.2. The van der Waals surface area contributed by atoms with Gasteiger partial charge in [0.2, 0.25) is 0 Å². The second-order valence-corrected chi connectivity index (χ2v) is 9.68. The molecule has 0 heterocycles. The largest absolute Gasteiger partial charge is 0.352 e. The minimum atomic E-state index is -3.82. The number of nitro groups is 2. The van der Waals surface area contributed by atoms with Gasteiger partial charge in [0.25, 0.3) is 17.3 Å². The maximum absolute atomic E-state index is 13.1. The maximum Gasteiger partial charge on any atom is 0.352 e. The Labute approximate surface area is 184 Å². The van der Waals surface area contributed by atoms with Crippen molar-refractivity contribution in [3.63, 3.8) is 0 Å². The Balaban J connectivity index is 2.39. The van der Waals surface area contributed by atoms with Crippen molar-refractivity contribution in [2.45, 2.75) is 32.0 Å². The average Bonchev–Trinajstić information content (AvgIpc) is 2.77. The van der Waals surface area contributed by atoms with Crippen LogP contribution >= 0.6 is 7.60 Å².